The molecule has 0 saturated carbocycles. The number of hydrogen-bond acceptors (Lipinski definition) is 4. The monoisotopic (exact) mass is 287 g/mol. The van der Waals surface area contributed by atoms with Crippen LogP contribution in [-0.2, 0) is 6.54 Å². The number of para-hydroxylation sites is 2. The molecule has 2 aromatic rings. The second kappa shape index (κ2) is 5.52. The van der Waals surface area contributed by atoms with Gasteiger partial charge in [0.15, 0.2) is 0 Å². The summed E-state index contributed by atoms with van der Waals surface area (Å²) in [7, 11) is 0. The van der Waals surface area contributed by atoms with Crippen LogP contribution in [0.1, 0.15) is 28.3 Å². The first-order chi connectivity index (χ1) is 10.1. The highest BCUT2D eigenvalue weighted by Gasteiger charge is 2.19. The van der Waals surface area contributed by atoms with Crippen molar-refractivity contribution in [1.82, 2.24) is 0 Å². The maximum absolute atomic E-state index is 11.0. The Morgan fingerprint density at radius 2 is 2.19 bits per heavy atom. The fourth-order valence-electron chi connectivity index (χ4n) is 2.55. The minimum Gasteiger partial charge on any atom is -0.491 e. The molecule has 2 heterocycles. The minimum atomic E-state index is -1.04. The van der Waals surface area contributed by atoms with Crippen molar-refractivity contribution in [3.05, 3.63) is 47.4 Å². The number of rotatable bonds is 3. The van der Waals surface area contributed by atoms with Gasteiger partial charge in [0.05, 0.1) is 12.3 Å². The number of hydrogen-bond donors (Lipinski definition) is 1. The molecule has 0 aliphatic carbocycles. The van der Waals surface area contributed by atoms with Gasteiger partial charge in [0.25, 0.3) is 0 Å². The van der Waals surface area contributed by atoms with E-state index in [-0.39, 0.29) is 5.76 Å². The Balaban J connectivity index is 1.89. The average molecular weight is 287 g/mol. The van der Waals surface area contributed by atoms with Crippen LogP contribution in [0.3, 0.4) is 0 Å². The second-order valence-electron chi connectivity index (χ2n) is 5.09. The van der Waals surface area contributed by atoms with Crippen molar-refractivity contribution in [2.75, 3.05) is 18.1 Å². The number of carbonyl (C=O) groups is 1. The minimum absolute atomic E-state index is 0.0122. The summed E-state index contributed by atoms with van der Waals surface area (Å²) < 4.78 is 11.0. The van der Waals surface area contributed by atoms with Gasteiger partial charge in [0.2, 0.25) is 5.76 Å². The van der Waals surface area contributed by atoms with Gasteiger partial charge in [-0.3, -0.25) is 0 Å². The van der Waals surface area contributed by atoms with Gasteiger partial charge in [-0.25, -0.2) is 4.79 Å². The quantitative estimate of drug-likeness (QED) is 0.940. The lowest BCUT2D eigenvalue weighted by Crippen LogP contribution is -2.23. The van der Waals surface area contributed by atoms with E-state index in [1.165, 1.54) is 0 Å². The second-order valence-corrected chi connectivity index (χ2v) is 5.09. The molecule has 0 bridgehead atoms. The van der Waals surface area contributed by atoms with E-state index in [2.05, 4.69) is 4.90 Å². The van der Waals surface area contributed by atoms with Crippen LogP contribution in [-0.4, -0.2) is 24.2 Å². The SMILES string of the molecule is Cc1oc(C(=O)O)cc1CN1CCCOc2ccccc21. The van der Waals surface area contributed by atoms with Crippen LogP contribution >= 0.6 is 0 Å². The van der Waals surface area contributed by atoms with Gasteiger partial charge >= 0.3 is 5.97 Å². The molecule has 0 fully saturated rings. The first-order valence-corrected chi connectivity index (χ1v) is 6.94. The molecule has 3 rings (SSSR count). The lowest BCUT2D eigenvalue weighted by Gasteiger charge is -2.23. The van der Waals surface area contributed by atoms with Crippen molar-refractivity contribution >= 4 is 11.7 Å². The van der Waals surface area contributed by atoms with Crippen LogP contribution in [0.15, 0.2) is 34.7 Å². The van der Waals surface area contributed by atoms with Crippen molar-refractivity contribution in [3.63, 3.8) is 0 Å². The van der Waals surface area contributed by atoms with Gasteiger partial charge in [-0.2, -0.15) is 0 Å². The Hall–Kier alpha value is -2.43. The lowest BCUT2D eigenvalue weighted by atomic mass is 10.2. The average Bonchev–Trinajstić information content (AvgIpc) is 2.72. The number of aromatic carboxylic acids is 1. The summed E-state index contributed by atoms with van der Waals surface area (Å²) in [4.78, 5) is 13.2. The van der Waals surface area contributed by atoms with Gasteiger partial charge in [0, 0.05) is 18.7 Å². The van der Waals surface area contributed by atoms with Crippen LogP contribution in [0.2, 0.25) is 0 Å². The van der Waals surface area contributed by atoms with Crippen LogP contribution in [0.4, 0.5) is 5.69 Å². The zero-order valence-electron chi connectivity index (χ0n) is 11.8. The topological polar surface area (TPSA) is 62.9 Å². The lowest BCUT2D eigenvalue weighted by molar-refractivity contribution is 0.0661. The van der Waals surface area contributed by atoms with Crippen molar-refractivity contribution in [2.24, 2.45) is 0 Å². The zero-order valence-corrected chi connectivity index (χ0v) is 11.8. The summed E-state index contributed by atoms with van der Waals surface area (Å²) in [5.41, 5.74) is 1.93. The molecule has 110 valence electrons. The molecule has 0 unspecified atom stereocenters. The molecule has 0 saturated heterocycles. The van der Waals surface area contributed by atoms with Gasteiger partial charge < -0.3 is 19.2 Å². The third-order valence-electron chi connectivity index (χ3n) is 3.63. The van der Waals surface area contributed by atoms with Gasteiger partial charge in [-0.05, 0) is 31.5 Å². The highest BCUT2D eigenvalue weighted by Crippen LogP contribution is 2.32. The van der Waals surface area contributed by atoms with Crippen LogP contribution in [0.5, 0.6) is 5.75 Å². The highest BCUT2D eigenvalue weighted by molar-refractivity contribution is 5.84. The number of aryl methyl sites for hydroxylation is 1. The Morgan fingerprint density at radius 3 is 2.95 bits per heavy atom. The van der Waals surface area contributed by atoms with Crippen molar-refractivity contribution < 1.29 is 19.1 Å². The summed E-state index contributed by atoms with van der Waals surface area (Å²) in [6.45, 7) is 3.97. The molecule has 1 aliphatic heterocycles. The Morgan fingerprint density at radius 1 is 1.38 bits per heavy atom. The Labute approximate surface area is 122 Å². The number of benzene rings is 1. The number of carboxylic acids is 1. The maximum atomic E-state index is 11.0. The van der Waals surface area contributed by atoms with Crippen LogP contribution in [0, 0.1) is 6.92 Å². The smallest absolute Gasteiger partial charge is 0.371 e. The maximum Gasteiger partial charge on any atom is 0.371 e. The number of ether oxygens (including phenoxy) is 1. The van der Waals surface area contributed by atoms with Gasteiger partial charge in [-0.15, -0.1) is 0 Å². The molecule has 1 aliphatic rings. The number of fused-ring (bicyclic) bond motifs is 1. The molecule has 0 radical (unpaired) electrons. The first-order valence-electron chi connectivity index (χ1n) is 6.94. The molecule has 0 spiro atoms. The first kappa shape index (κ1) is 13.5. The molecular formula is C16H17NO4. The molecule has 0 atom stereocenters. The summed E-state index contributed by atoms with van der Waals surface area (Å²) in [6.07, 6.45) is 0.928. The molecule has 0 amide bonds. The van der Waals surface area contributed by atoms with Gasteiger partial charge in [-0.1, -0.05) is 12.1 Å². The third kappa shape index (κ3) is 2.72. The van der Waals surface area contributed by atoms with Crippen molar-refractivity contribution in [1.29, 1.82) is 0 Å². The van der Waals surface area contributed by atoms with E-state index in [9.17, 15) is 4.79 Å². The predicted octanol–water partition coefficient (Wildman–Crippen LogP) is 3.08. The standard InChI is InChI=1S/C16H17NO4/c1-11-12(9-15(21-11)16(18)19)10-17-7-4-8-20-14-6-3-2-5-13(14)17/h2-3,5-6,9H,4,7-8,10H2,1H3,(H,18,19). The normalized spacial score (nSPS) is 14.2. The zero-order chi connectivity index (χ0) is 14.8. The predicted molar refractivity (Wildman–Crippen MR) is 78.0 cm³/mol. The van der Waals surface area contributed by atoms with Crippen molar-refractivity contribution in [3.8, 4) is 5.75 Å². The Kier molecular flexibility index (Phi) is 3.56. The molecule has 1 aromatic heterocycles. The number of furan rings is 1. The molecule has 5 heteroatoms. The summed E-state index contributed by atoms with van der Waals surface area (Å²) in [5, 5.41) is 9.00. The van der Waals surface area contributed by atoms with E-state index in [0.717, 1.165) is 30.0 Å². The number of anilines is 1. The van der Waals surface area contributed by atoms with E-state index >= 15 is 0 Å². The molecule has 1 aromatic carbocycles. The molecule has 21 heavy (non-hydrogen) atoms. The van der Waals surface area contributed by atoms with Gasteiger partial charge in [0.1, 0.15) is 11.5 Å². The van der Waals surface area contributed by atoms with E-state index < -0.39 is 5.97 Å². The molecule has 5 nitrogen and oxygen atoms in total. The van der Waals surface area contributed by atoms with E-state index in [1.807, 2.05) is 24.3 Å². The van der Waals surface area contributed by atoms with Crippen LogP contribution in [0.25, 0.3) is 0 Å². The molecular weight excluding hydrogens is 270 g/mol. The summed E-state index contributed by atoms with van der Waals surface area (Å²) in [5.74, 6) is 0.468. The number of carboxylic acid groups (broad SMARTS) is 1. The summed E-state index contributed by atoms with van der Waals surface area (Å²) >= 11 is 0. The Bertz CT molecular complexity index is 662. The number of nitrogens with zero attached hydrogens (tertiary/aromatic N) is 1. The largest absolute Gasteiger partial charge is 0.491 e. The summed E-state index contributed by atoms with van der Waals surface area (Å²) in [6, 6.07) is 9.51. The highest BCUT2D eigenvalue weighted by atomic mass is 16.5. The van der Waals surface area contributed by atoms with E-state index in [0.29, 0.717) is 18.9 Å². The van der Waals surface area contributed by atoms with Crippen LogP contribution < -0.4 is 9.64 Å². The van der Waals surface area contributed by atoms with E-state index in [1.54, 1.807) is 13.0 Å². The van der Waals surface area contributed by atoms with Crippen molar-refractivity contribution in [2.45, 2.75) is 19.9 Å². The fraction of sp³-hybridized carbons (Fsp3) is 0.312. The van der Waals surface area contributed by atoms with E-state index in [4.69, 9.17) is 14.3 Å². The third-order valence-corrected chi connectivity index (χ3v) is 3.63. The fourth-order valence-corrected chi connectivity index (χ4v) is 2.55. The molecule has 1 N–H and O–H groups in total.